The van der Waals surface area contributed by atoms with Crippen LogP contribution in [0.25, 0.3) is 0 Å². The van der Waals surface area contributed by atoms with E-state index in [-0.39, 0.29) is 0 Å². The van der Waals surface area contributed by atoms with Gasteiger partial charge in [0.1, 0.15) is 0 Å². The van der Waals surface area contributed by atoms with Gasteiger partial charge in [-0.15, -0.1) is 0 Å². The van der Waals surface area contributed by atoms with Crippen LogP contribution in [0.2, 0.25) is 0 Å². The molecule has 1 aliphatic rings. The molecule has 1 aromatic carbocycles. The molecule has 0 unspecified atom stereocenters. The summed E-state index contributed by atoms with van der Waals surface area (Å²) >= 11 is 1.78. The number of rotatable bonds is 5. The molecule has 0 radical (unpaired) electrons. The van der Waals surface area contributed by atoms with Crippen molar-refractivity contribution in [2.45, 2.75) is 38.9 Å². The van der Waals surface area contributed by atoms with Gasteiger partial charge < -0.3 is 10.6 Å². The SMILES string of the molecule is Cc1cc(CN)ccc1N(Cc1ccsc1)C1CC1. The number of thiophene rings is 1. The van der Waals surface area contributed by atoms with Crippen LogP contribution in [0.5, 0.6) is 0 Å². The van der Waals surface area contributed by atoms with Crippen molar-refractivity contribution < 1.29 is 0 Å². The predicted octanol–water partition coefficient (Wildman–Crippen LogP) is 3.68. The van der Waals surface area contributed by atoms with E-state index >= 15 is 0 Å². The second-order valence-corrected chi connectivity index (χ2v) is 6.10. The molecule has 19 heavy (non-hydrogen) atoms. The number of hydrogen-bond acceptors (Lipinski definition) is 3. The molecule has 1 saturated carbocycles. The second-order valence-electron chi connectivity index (χ2n) is 5.32. The van der Waals surface area contributed by atoms with E-state index in [2.05, 4.69) is 46.8 Å². The van der Waals surface area contributed by atoms with Gasteiger partial charge in [0.05, 0.1) is 0 Å². The molecule has 3 rings (SSSR count). The molecule has 0 aliphatic heterocycles. The molecule has 1 fully saturated rings. The van der Waals surface area contributed by atoms with E-state index in [4.69, 9.17) is 5.73 Å². The van der Waals surface area contributed by atoms with Crippen molar-refractivity contribution in [2.75, 3.05) is 4.90 Å². The molecule has 3 heteroatoms. The van der Waals surface area contributed by atoms with Crippen molar-refractivity contribution in [3.05, 3.63) is 51.7 Å². The predicted molar refractivity (Wildman–Crippen MR) is 82.6 cm³/mol. The molecular weight excluding hydrogens is 252 g/mol. The van der Waals surface area contributed by atoms with E-state index in [1.54, 1.807) is 11.3 Å². The molecule has 100 valence electrons. The molecular formula is C16H20N2S. The first-order valence-corrected chi connectivity index (χ1v) is 7.79. The number of aryl methyl sites for hydroxylation is 1. The summed E-state index contributed by atoms with van der Waals surface area (Å²) in [7, 11) is 0. The summed E-state index contributed by atoms with van der Waals surface area (Å²) in [6.07, 6.45) is 2.64. The summed E-state index contributed by atoms with van der Waals surface area (Å²) in [6.45, 7) is 3.84. The van der Waals surface area contributed by atoms with Gasteiger partial charge in [0.15, 0.2) is 0 Å². The standard InChI is InChI=1S/C16H20N2S/c1-12-8-13(9-17)2-5-16(12)18(15-3-4-15)10-14-6-7-19-11-14/h2,5-8,11,15H,3-4,9-10,17H2,1H3. The molecule has 2 aromatic rings. The Morgan fingerprint density at radius 2 is 2.11 bits per heavy atom. The number of hydrogen-bond donors (Lipinski definition) is 1. The highest BCUT2D eigenvalue weighted by atomic mass is 32.1. The fraction of sp³-hybridized carbons (Fsp3) is 0.375. The summed E-state index contributed by atoms with van der Waals surface area (Å²) < 4.78 is 0. The lowest BCUT2D eigenvalue weighted by atomic mass is 10.1. The Morgan fingerprint density at radius 1 is 1.26 bits per heavy atom. The van der Waals surface area contributed by atoms with Crippen molar-refractivity contribution in [2.24, 2.45) is 5.73 Å². The lowest BCUT2D eigenvalue weighted by molar-refractivity contribution is 0.792. The molecule has 0 bridgehead atoms. The summed E-state index contributed by atoms with van der Waals surface area (Å²) in [6, 6.07) is 9.57. The lowest BCUT2D eigenvalue weighted by Crippen LogP contribution is -2.25. The smallest absolute Gasteiger partial charge is 0.0440 e. The summed E-state index contributed by atoms with van der Waals surface area (Å²) in [4.78, 5) is 2.55. The molecule has 0 atom stereocenters. The van der Waals surface area contributed by atoms with Crippen LogP contribution in [0.1, 0.15) is 29.5 Å². The van der Waals surface area contributed by atoms with Crippen LogP contribution < -0.4 is 10.6 Å². The average molecular weight is 272 g/mol. The lowest BCUT2D eigenvalue weighted by Gasteiger charge is -2.26. The van der Waals surface area contributed by atoms with Gasteiger partial charge in [0.25, 0.3) is 0 Å². The molecule has 1 aromatic heterocycles. The maximum atomic E-state index is 5.71. The molecule has 0 saturated heterocycles. The molecule has 1 heterocycles. The first kappa shape index (κ1) is 12.7. The minimum Gasteiger partial charge on any atom is -0.364 e. The quantitative estimate of drug-likeness (QED) is 0.899. The minimum atomic E-state index is 0.620. The maximum Gasteiger partial charge on any atom is 0.0440 e. The molecule has 0 amide bonds. The largest absolute Gasteiger partial charge is 0.364 e. The van der Waals surface area contributed by atoms with Gasteiger partial charge in [-0.1, -0.05) is 12.1 Å². The van der Waals surface area contributed by atoms with E-state index in [1.165, 1.54) is 35.2 Å². The summed E-state index contributed by atoms with van der Waals surface area (Å²) in [5.41, 5.74) is 11.1. The Hall–Kier alpha value is -1.32. The van der Waals surface area contributed by atoms with Crippen molar-refractivity contribution in [3.8, 4) is 0 Å². The van der Waals surface area contributed by atoms with Crippen molar-refractivity contribution in [1.29, 1.82) is 0 Å². The Labute approximate surface area is 118 Å². The van der Waals surface area contributed by atoms with E-state index in [1.807, 2.05) is 0 Å². The van der Waals surface area contributed by atoms with Crippen molar-refractivity contribution >= 4 is 17.0 Å². The fourth-order valence-electron chi connectivity index (χ4n) is 2.54. The minimum absolute atomic E-state index is 0.620. The number of benzene rings is 1. The van der Waals surface area contributed by atoms with Crippen LogP contribution in [0, 0.1) is 6.92 Å². The van der Waals surface area contributed by atoms with Crippen molar-refractivity contribution in [3.63, 3.8) is 0 Å². The van der Waals surface area contributed by atoms with Crippen LogP contribution in [0.3, 0.4) is 0 Å². The summed E-state index contributed by atoms with van der Waals surface area (Å²) in [5.74, 6) is 0. The number of nitrogens with zero attached hydrogens (tertiary/aromatic N) is 1. The van der Waals surface area contributed by atoms with Gasteiger partial charge >= 0.3 is 0 Å². The number of anilines is 1. The van der Waals surface area contributed by atoms with E-state index in [9.17, 15) is 0 Å². The molecule has 1 aliphatic carbocycles. The third-order valence-electron chi connectivity index (χ3n) is 3.73. The fourth-order valence-corrected chi connectivity index (χ4v) is 3.20. The highest BCUT2D eigenvalue weighted by molar-refractivity contribution is 7.07. The average Bonchev–Trinajstić information content (AvgIpc) is 3.14. The van der Waals surface area contributed by atoms with Crippen LogP contribution in [-0.2, 0) is 13.1 Å². The van der Waals surface area contributed by atoms with Crippen LogP contribution in [0.4, 0.5) is 5.69 Å². The molecule has 2 N–H and O–H groups in total. The second kappa shape index (κ2) is 5.35. The van der Waals surface area contributed by atoms with Gasteiger partial charge in [-0.25, -0.2) is 0 Å². The first-order valence-electron chi connectivity index (χ1n) is 6.85. The van der Waals surface area contributed by atoms with Crippen LogP contribution in [-0.4, -0.2) is 6.04 Å². The van der Waals surface area contributed by atoms with Crippen LogP contribution in [0.15, 0.2) is 35.0 Å². The van der Waals surface area contributed by atoms with E-state index < -0.39 is 0 Å². The van der Waals surface area contributed by atoms with Gasteiger partial charge in [0.2, 0.25) is 0 Å². The van der Waals surface area contributed by atoms with Crippen LogP contribution >= 0.6 is 11.3 Å². The Bertz CT molecular complexity index is 544. The monoisotopic (exact) mass is 272 g/mol. The van der Waals surface area contributed by atoms with Crippen molar-refractivity contribution in [1.82, 2.24) is 0 Å². The Balaban J connectivity index is 1.87. The highest BCUT2D eigenvalue weighted by Crippen LogP contribution is 2.35. The maximum absolute atomic E-state index is 5.71. The first-order chi connectivity index (χ1) is 9.28. The summed E-state index contributed by atoms with van der Waals surface area (Å²) in [5, 5.41) is 4.41. The molecule has 0 spiro atoms. The zero-order valence-corrected chi connectivity index (χ0v) is 12.1. The topological polar surface area (TPSA) is 29.3 Å². The normalized spacial score (nSPS) is 14.6. The zero-order chi connectivity index (χ0) is 13.2. The molecule has 2 nitrogen and oxygen atoms in total. The van der Waals surface area contributed by atoms with E-state index in [0.717, 1.165) is 12.6 Å². The van der Waals surface area contributed by atoms with E-state index in [0.29, 0.717) is 6.54 Å². The Kier molecular flexibility index (Phi) is 3.58. The van der Waals surface area contributed by atoms with Gasteiger partial charge in [-0.2, -0.15) is 11.3 Å². The van der Waals surface area contributed by atoms with Gasteiger partial charge in [-0.05, 0) is 59.3 Å². The third-order valence-corrected chi connectivity index (χ3v) is 4.46. The third kappa shape index (κ3) is 2.82. The Morgan fingerprint density at radius 3 is 2.68 bits per heavy atom. The van der Waals surface area contributed by atoms with Gasteiger partial charge in [0, 0.05) is 24.8 Å². The van der Waals surface area contributed by atoms with Gasteiger partial charge in [-0.3, -0.25) is 0 Å². The zero-order valence-electron chi connectivity index (χ0n) is 11.3. The highest BCUT2D eigenvalue weighted by Gasteiger charge is 2.30. The number of nitrogens with two attached hydrogens (primary N) is 1.